The molecule has 142 valence electrons. The third-order valence-electron chi connectivity index (χ3n) is 4.11. The predicted octanol–water partition coefficient (Wildman–Crippen LogP) is 2.43. The van der Waals surface area contributed by atoms with E-state index < -0.39 is 11.9 Å². The van der Waals surface area contributed by atoms with E-state index in [1.54, 1.807) is 30.6 Å². The van der Waals surface area contributed by atoms with Gasteiger partial charge in [-0.05, 0) is 24.3 Å². The highest BCUT2D eigenvalue weighted by molar-refractivity contribution is 6.32. The number of nitrogens with one attached hydrogen (secondary N) is 1. The highest BCUT2D eigenvalue weighted by atomic mass is 35.5. The van der Waals surface area contributed by atoms with Crippen molar-refractivity contribution in [1.82, 2.24) is 19.9 Å². The first-order chi connectivity index (χ1) is 13.5. The number of methoxy groups -OCH3 is 1. The molecule has 0 aliphatic carbocycles. The molecule has 10 heteroatoms. The molecule has 3 N–H and O–H groups in total. The Kier molecular flexibility index (Phi) is 4.36. The summed E-state index contributed by atoms with van der Waals surface area (Å²) in [6.07, 6.45) is 3.19. The number of nitrogens with two attached hydrogens (primary N) is 1. The number of fused-ring (bicyclic) bond motifs is 2. The van der Waals surface area contributed by atoms with Crippen molar-refractivity contribution in [1.29, 1.82) is 0 Å². The number of hydrogen-bond donors (Lipinski definition) is 2. The molecular weight excluding hydrogens is 386 g/mol. The molecule has 0 saturated heterocycles. The lowest BCUT2D eigenvalue weighted by atomic mass is 10.1. The molecule has 28 heavy (non-hydrogen) atoms. The van der Waals surface area contributed by atoms with Crippen LogP contribution in [0.1, 0.15) is 26.5 Å². The topological polar surface area (TPSA) is 125 Å². The molecular formula is C18H14ClN5O4. The fraction of sp³-hybridized carbons (Fsp3) is 0.111. The molecule has 0 radical (unpaired) electrons. The van der Waals surface area contributed by atoms with Gasteiger partial charge in [-0.3, -0.25) is 4.79 Å². The number of aromatic nitrogens is 3. The summed E-state index contributed by atoms with van der Waals surface area (Å²) in [5.41, 5.74) is 6.91. The zero-order valence-electron chi connectivity index (χ0n) is 14.6. The lowest BCUT2D eigenvalue weighted by Crippen LogP contribution is -2.23. The number of esters is 1. The minimum Gasteiger partial charge on any atom is -0.465 e. The highest BCUT2D eigenvalue weighted by Crippen LogP contribution is 2.28. The summed E-state index contributed by atoms with van der Waals surface area (Å²) in [4.78, 5) is 28.6. The van der Waals surface area contributed by atoms with Crippen molar-refractivity contribution in [2.75, 3.05) is 12.8 Å². The van der Waals surface area contributed by atoms with Crippen LogP contribution in [0.25, 0.3) is 16.6 Å². The van der Waals surface area contributed by atoms with E-state index in [0.29, 0.717) is 27.4 Å². The van der Waals surface area contributed by atoms with Gasteiger partial charge in [0.05, 0.1) is 13.7 Å². The van der Waals surface area contributed by atoms with Gasteiger partial charge in [0.15, 0.2) is 11.5 Å². The Morgan fingerprint density at radius 3 is 2.96 bits per heavy atom. The van der Waals surface area contributed by atoms with Gasteiger partial charge in [-0.2, -0.15) is 0 Å². The maximum absolute atomic E-state index is 12.6. The molecule has 4 rings (SSSR count). The van der Waals surface area contributed by atoms with Crippen LogP contribution in [0.2, 0.25) is 5.02 Å². The fourth-order valence-corrected chi connectivity index (χ4v) is 3.12. The van der Waals surface area contributed by atoms with Gasteiger partial charge in [-0.25, -0.2) is 14.3 Å². The standard InChI is InChI=1S/C18H14ClN5O4/c1-27-18(26)12-7-10(19)5-9-6-11(28-14(9)12)8-22-17(25)13-15(20)23-24-4-2-3-21-16(13)24/h2-7H,8H2,1H3,(H2,20,23)(H,22,25). The first kappa shape index (κ1) is 17.8. The second kappa shape index (κ2) is 6.86. The SMILES string of the molecule is COC(=O)c1cc(Cl)cc2cc(CNC(=O)c3c(N)nn4cccnc34)oc12. The van der Waals surface area contributed by atoms with Crippen molar-refractivity contribution in [3.8, 4) is 0 Å². The molecule has 3 heterocycles. The van der Waals surface area contributed by atoms with Gasteiger partial charge in [0.25, 0.3) is 5.91 Å². The number of carbonyl (C=O) groups excluding carboxylic acids is 2. The zero-order chi connectivity index (χ0) is 19.8. The normalized spacial score (nSPS) is 11.1. The summed E-state index contributed by atoms with van der Waals surface area (Å²) < 4.78 is 11.9. The van der Waals surface area contributed by atoms with Crippen LogP contribution in [0.3, 0.4) is 0 Å². The highest BCUT2D eigenvalue weighted by Gasteiger charge is 2.20. The molecule has 0 aliphatic rings. The first-order valence-electron chi connectivity index (χ1n) is 8.15. The van der Waals surface area contributed by atoms with Gasteiger partial charge < -0.3 is 20.2 Å². The molecule has 0 aliphatic heterocycles. The molecule has 0 spiro atoms. The van der Waals surface area contributed by atoms with Crippen molar-refractivity contribution in [3.05, 3.63) is 58.6 Å². The number of amides is 1. The van der Waals surface area contributed by atoms with E-state index in [2.05, 4.69) is 15.4 Å². The molecule has 1 aromatic carbocycles. The van der Waals surface area contributed by atoms with Gasteiger partial charge in [0.1, 0.15) is 22.5 Å². The molecule has 0 fully saturated rings. The van der Waals surface area contributed by atoms with Crippen molar-refractivity contribution >= 4 is 45.9 Å². The molecule has 0 unspecified atom stereocenters. The third-order valence-corrected chi connectivity index (χ3v) is 4.33. The average Bonchev–Trinajstić information content (AvgIpc) is 3.24. The second-order valence-corrected chi connectivity index (χ2v) is 6.34. The van der Waals surface area contributed by atoms with Gasteiger partial charge >= 0.3 is 5.97 Å². The van der Waals surface area contributed by atoms with Gasteiger partial charge in [0.2, 0.25) is 0 Å². The van der Waals surface area contributed by atoms with Gasteiger partial charge in [-0.15, -0.1) is 5.10 Å². The number of carbonyl (C=O) groups is 2. The number of anilines is 1. The van der Waals surface area contributed by atoms with Crippen LogP contribution in [0.5, 0.6) is 0 Å². The summed E-state index contributed by atoms with van der Waals surface area (Å²) in [7, 11) is 1.27. The molecule has 4 aromatic rings. The van der Waals surface area contributed by atoms with Crippen LogP contribution >= 0.6 is 11.6 Å². The Morgan fingerprint density at radius 2 is 2.18 bits per heavy atom. The maximum Gasteiger partial charge on any atom is 0.341 e. The number of benzene rings is 1. The third kappa shape index (κ3) is 3.01. The molecule has 1 amide bonds. The van der Waals surface area contributed by atoms with Crippen LogP contribution in [0.15, 0.2) is 41.1 Å². The molecule has 3 aromatic heterocycles. The first-order valence-corrected chi connectivity index (χ1v) is 8.53. The largest absolute Gasteiger partial charge is 0.465 e. The van der Waals surface area contributed by atoms with E-state index in [1.807, 2.05) is 0 Å². The van der Waals surface area contributed by atoms with E-state index in [0.717, 1.165) is 0 Å². The molecule has 0 saturated carbocycles. The lowest BCUT2D eigenvalue weighted by Gasteiger charge is -2.02. The Morgan fingerprint density at radius 1 is 1.36 bits per heavy atom. The van der Waals surface area contributed by atoms with Crippen LogP contribution in [0, 0.1) is 0 Å². The average molecular weight is 400 g/mol. The number of nitrogen functional groups attached to an aromatic ring is 1. The van der Waals surface area contributed by atoms with Crippen molar-refractivity contribution < 1.29 is 18.7 Å². The Balaban J connectivity index is 1.61. The molecule has 0 bridgehead atoms. The summed E-state index contributed by atoms with van der Waals surface area (Å²) >= 11 is 6.05. The second-order valence-electron chi connectivity index (χ2n) is 5.91. The number of nitrogens with zero attached hydrogens (tertiary/aromatic N) is 3. The van der Waals surface area contributed by atoms with E-state index in [1.165, 1.54) is 17.7 Å². The quantitative estimate of drug-likeness (QED) is 0.505. The minimum absolute atomic E-state index is 0.0648. The number of ether oxygens (including phenoxy) is 1. The van der Waals surface area contributed by atoms with Crippen LogP contribution in [0.4, 0.5) is 5.82 Å². The summed E-state index contributed by atoms with van der Waals surface area (Å²) in [6.45, 7) is 0.0648. The van der Waals surface area contributed by atoms with Crippen LogP contribution in [-0.4, -0.2) is 33.6 Å². The smallest absolute Gasteiger partial charge is 0.341 e. The number of halogens is 1. The Bertz CT molecular complexity index is 1230. The van der Waals surface area contributed by atoms with Crippen molar-refractivity contribution in [2.45, 2.75) is 6.54 Å². The molecule has 9 nitrogen and oxygen atoms in total. The fourth-order valence-electron chi connectivity index (χ4n) is 2.90. The Labute approximate surface area is 163 Å². The lowest BCUT2D eigenvalue weighted by molar-refractivity contribution is 0.0601. The van der Waals surface area contributed by atoms with Crippen LogP contribution < -0.4 is 11.1 Å². The van der Waals surface area contributed by atoms with Gasteiger partial charge in [-0.1, -0.05) is 11.6 Å². The number of rotatable bonds is 4. The van der Waals surface area contributed by atoms with E-state index in [9.17, 15) is 9.59 Å². The summed E-state index contributed by atoms with van der Waals surface area (Å²) in [5, 5.41) is 7.76. The number of furan rings is 1. The van der Waals surface area contributed by atoms with E-state index in [4.69, 9.17) is 26.5 Å². The maximum atomic E-state index is 12.6. The summed E-state index contributed by atoms with van der Waals surface area (Å²) in [6, 6.07) is 6.49. The summed E-state index contributed by atoms with van der Waals surface area (Å²) in [5.74, 6) is -0.514. The van der Waals surface area contributed by atoms with Crippen LogP contribution in [-0.2, 0) is 11.3 Å². The van der Waals surface area contributed by atoms with Crippen molar-refractivity contribution in [2.24, 2.45) is 0 Å². The van der Waals surface area contributed by atoms with E-state index >= 15 is 0 Å². The minimum atomic E-state index is -0.567. The zero-order valence-corrected chi connectivity index (χ0v) is 15.4. The molecule has 0 atom stereocenters. The number of hydrogen-bond acceptors (Lipinski definition) is 7. The van der Waals surface area contributed by atoms with E-state index in [-0.39, 0.29) is 23.5 Å². The van der Waals surface area contributed by atoms with Crippen molar-refractivity contribution in [3.63, 3.8) is 0 Å². The predicted molar refractivity (Wildman–Crippen MR) is 101 cm³/mol. The monoisotopic (exact) mass is 399 g/mol. The Hall–Kier alpha value is -3.59. The van der Waals surface area contributed by atoms with Gasteiger partial charge in [0, 0.05) is 22.8 Å².